The van der Waals surface area contributed by atoms with E-state index in [9.17, 15) is 9.18 Å². The van der Waals surface area contributed by atoms with Crippen molar-refractivity contribution in [2.24, 2.45) is 0 Å². The molecule has 0 amide bonds. The molecule has 0 fully saturated rings. The van der Waals surface area contributed by atoms with E-state index in [0.717, 1.165) is 6.29 Å². The Bertz CT molecular complexity index is 243. The van der Waals surface area contributed by atoms with Crippen molar-refractivity contribution in [2.75, 3.05) is 6.61 Å². The average molecular weight is 168 g/mol. The van der Waals surface area contributed by atoms with Crippen LogP contribution in [0.1, 0.15) is 6.42 Å². The van der Waals surface area contributed by atoms with E-state index in [1.165, 1.54) is 24.3 Å². The minimum absolute atomic E-state index is 0.294. The van der Waals surface area contributed by atoms with E-state index in [0.29, 0.717) is 18.8 Å². The maximum atomic E-state index is 12.4. The summed E-state index contributed by atoms with van der Waals surface area (Å²) in [6, 6.07) is 5.69. The molecule has 1 rings (SSSR count). The van der Waals surface area contributed by atoms with Gasteiger partial charge in [0, 0.05) is 6.42 Å². The average Bonchev–Trinajstić information content (AvgIpc) is 2.09. The molecular formula is C9H9FO2. The van der Waals surface area contributed by atoms with Crippen molar-refractivity contribution in [1.82, 2.24) is 0 Å². The van der Waals surface area contributed by atoms with Gasteiger partial charge in [-0.2, -0.15) is 0 Å². The first-order chi connectivity index (χ1) is 5.83. The second kappa shape index (κ2) is 4.49. The van der Waals surface area contributed by atoms with Gasteiger partial charge in [-0.15, -0.1) is 0 Å². The number of carbonyl (C=O) groups excluding carboxylic acids is 1. The molecule has 0 saturated heterocycles. The lowest BCUT2D eigenvalue weighted by Crippen LogP contribution is -1.97. The highest BCUT2D eigenvalue weighted by molar-refractivity contribution is 5.49. The van der Waals surface area contributed by atoms with Crippen molar-refractivity contribution >= 4 is 6.29 Å². The monoisotopic (exact) mass is 168 g/mol. The standard InChI is InChI=1S/C9H9FO2/c10-8-2-4-9(5-3-8)12-7-1-6-11/h2-6H,1,7H2. The Balaban J connectivity index is 2.42. The number of halogens is 1. The maximum Gasteiger partial charge on any atom is 0.123 e. The molecule has 0 N–H and O–H groups in total. The van der Waals surface area contributed by atoms with Gasteiger partial charge in [0.15, 0.2) is 0 Å². The van der Waals surface area contributed by atoms with Crippen LogP contribution < -0.4 is 4.74 Å². The van der Waals surface area contributed by atoms with Gasteiger partial charge in [0.25, 0.3) is 0 Å². The number of benzene rings is 1. The molecule has 0 unspecified atom stereocenters. The minimum atomic E-state index is -0.294. The van der Waals surface area contributed by atoms with Gasteiger partial charge in [-0.3, -0.25) is 0 Å². The molecule has 0 saturated carbocycles. The summed E-state index contributed by atoms with van der Waals surface area (Å²) in [6.45, 7) is 0.342. The summed E-state index contributed by atoms with van der Waals surface area (Å²) in [5.74, 6) is 0.288. The third-order valence-corrected chi connectivity index (χ3v) is 1.32. The fourth-order valence-corrected chi connectivity index (χ4v) is 0.756. The molecule has 0 aliphatic rings. The van der Waals surface area contributed by atoms with Gasteiger partial charge in [-0.05, 0) is 24.3 Å². The minimum Gasteiger partial charge on any atom is -0.493 e. The highest BCUT2D eigenvalue weighted by Crippen LogP contribution is 2.10. The van der Waals surface area contributed by atoms with Gasteiger partial charge in [0.05, 0.1) is 6.61 Å². The van der Waals surface area contributed by atoms with Gasteiger partial charge in [-0.1, -0.05) is 0 Å². The van der Waals surface area contributed by atoms with Crippen molar-refractivity contribution < 1.29 is 13.9 Å². The summed E-state index contributed by atoms with van der Waals surface area (Å²) in [7, 11) is 0. The van der Waals surface area contributed by atoms with Crippen molar-refractivity contribution in [3.63, 3.8) is 0 Å². The molecule has 1 aromatic carbocycles. The van der Waals surface area contributed by atoms with Crippen molar-refractivity contribution in [3.05, 3.63) is 30.1 Å². The zero-order chi connectivity index (χ0) is 8.81. The van der Waals surface area contributed by atoms with E-state index in [4.69, 9.17) is 4.74 Å². The number of carbonyl (C=O) groups is 1. The Labute approximate surface area is 70.0 Å². The number of hydrogen-bond acceptors (Lipinski definition) is 2. The van der Waals surface area contributed by atoms with Crippen molar-refractivity contribution in [2.45, 2.75) is 6.42 Å². The predicted octanol–water partition coefficient (Wildman–Crippen LogP) is 1.79. The molecule has 0 aromatic heterocycles. The van der Waals surface area contributed by atoms with Crippen LogP contribution in [0, 0.1) is 5.82 Å². The molecule has 0 heterocycles. The van der Waals surface area contributed by atoms with Gasteiger partial charge in [-0.25, -0.2) is 4.39 Å². The molecule has 0 radical (unpaired) electrons. The molecule has 0 aliphatic carbocycles. The first-order valence-corrected chi connectivity index (χ1v) is 3.65. The largest absolute Gasteiger partial charge is 0.493 e. The molecule has 0 atom stereocenters. The van der Waals surface area contributed by atoms with Crippen molar-refractivity contribution in [1.29, 1.82) is 0 Å². The first-order valence-electron chi connectivity index (χ1n) is 3.65. The number of hydrogen-bond donors (Lipinski definition) is 0. The van der Waals surface area contributed by atoms with Crippen LogP contribution in [0.5, 0.6) is 5.75 Å². The van der Waals surface area contributed by atoms with E-state index in [1.807, 2.05) is 0 Å². The van der Waals surface area contributed by atoms with Crippen LogP contribution in [0.15, 0.2) is 24.3 Å². The maximum absolute atomic E-state index is 12.4. The van der Waals surface area contributed by atoms with Crippen LogP contribution in [-0.4, -0.2) is 12.9 Å². The molecule has 0 aliphatic heterocycles. The first kappa shape index (κ1) is 8.71. The second-order valence-electron chi connectivity index (χ2n) is 2.26. The normalized spacial score (nSPS) is 9.42. The van der Waals surface area contributed by atoms with E-state index >= 15 is 0 Å². The highest BCUT2D eigenvalue weighted by atomic mass is 19.1. The van der Waals surface area contributed by atoms with Crippen LogP contribution in [0.4, 0.5) is 4.39 Å². The van der Waals surface area contributed by atoms with Crippen LogP contribution >= 0.6 is 0 Å². The third kappa shape index (κ3) is 2.70. The Morgan fingerprint density at radius 3 is 2.58 bits per heavy atom. The molecule has 1 aromatic rings. The molecular weight excluding hydrogens is 159 g/mol. The van der Waals surface area contributed by atoms with Crippen LogP contribution in [0.25, 0.3) is 0 Å². The van der Waals surface area contributed by atoms with Crippen LogP contribution in [-0.2, 0) is 4.79 Å². The summed E-state index contributed by atoms with van der Waals surface area (Å²) in [4.78, 5) is 9.91. The highest BCUT2D eigenvalue weighted by Gasteiger charge is 1.92. The van der Waals surface area contributed by atoms with E-state index in [2.05, 4.69) is 0 Å². The summed E-state index contributed by atoms with van der Waals surface area (Å²) in [5.41, 5.74) is 0. The second-order valence-corrected chi connectivity index (χ2v) is 2.26. The lowest BCUT2D eigenvalue weighted by molar-refractivity contribution is -0.108. The lowest BCUT2D eigenvalue weighted by Gasteiger charge is -2.02. The fourth-order valence-electron chi connectivity index (χ4n) is 0.756. The summed E-state index contributed by atoms with van der Waals surface area (Å²) >= 11 is 0. The van der Waals surface area contributed by atoms with E-state index in [1.54, 1.807) is 0 Å². The Morgan fingerprint density at radius 1 is 1.33 bits per heavy atom. The molecule has 0 bridgehead atoms. The Hall–Kier alpha value is -1.38. The molecule has 3 heteroatoms. The molecule has 12 heavy (non-hydrogen) atoms. The number of aldehydes is 1. The van der Waals surface area contributed by atoms with Gasteiger partial charge < -0.3 is 9.53 Å². The SMILES string of the molecule is O=CCCOc1ccc(F)cc1. The van der Waals surface area contributed by atoms with Crippen molar-refractivity contribution in [3.8, 4) is 5.75 Å². The lowest BCUT2D eigenvalue weighted by atomic mass is 10.3. The smallest absolute Gasteiger partial charge is 0.123 e. The zero-order valence-electron chi connectivity index (χ0n) is 6.50. The molecule has 0 spiro atoms. The zero-order valence-corrected chi connectivity index (χ0v) is 6.50. The van der Waals surface area contributed by atoms with Gasteiger partial charge in [0.2, 0.25) is 0 Å². The third-order valence-electron chi connectivity index (χ3n) is 1.32. The summed E-state index contributed by atoms with van der Waals surface area (Å²) < 4.78 is 17.5. The summed E-state index contributed by atoms with van der Waals surface area (Å²) in [6.07, 6.45) is 1.14. The number of rotatable bonds is 4. The quantitative estimate of drug-likeness (QED) is 0.506. The number of ether oxygens (including phenoxy) is 1. The topological polar surface area (TPSA) is 26.3 Å². The summed E-state index contributed by atoms with van der Waals surface area (Å²) in [5, 5.41) is 0. The fraction of sp³-hybridized carbons (Fsp3) is 0.222. The predicted molar refractivity (Wildman–Crippen MR) is 42.6 cm³/mol. The Morgan fingerprint density at radius 2 is 2.00 bits per heavy atom. The van der Waals surface area contributed by atoms with Gasteiger partial charge >= 0.3 is 0 Å². The molecule has 2 nitrogen and oxygen atoms in total. The van der Waals surface area contributed by atoms with E-state index in [-0.39, 0.29) is 5.82 Å². The van der Waals surface area contributed by atoms with Gasteiger partial charge in [0.1, 0.15) is 17.9 Å². The molecule has 64 valence electrons. The van der Waals surface area contributed by atoms with E-state index < -0.39 is 0 Å². The Kier molecular flexibility index (Phi) is 3.26. The van der Waals surface area contributed by atoms with Crippen LogP contribution in [0.2, 0.25) is 0 Å². The van der Waals surface area contributed by atoms with Crippen LogP contribution in [0.3, 0.4) is 0 Å².